The topological polar surface area (TPSA) is 41.6 Å². The molecule has 1 N–H and O–H groups in total. The zero-order valence-corrected chi connectivity index (χ0v) is 11.0. The van der Waals surface area contributed by atoms with Gasteiger partial charge in [-0.2, -0.15) is 0 Å². The monoisotopic (exact) mass is 240 g/mol. The van der Waals surface area contributed by atoms with E-state index in [9.17, 15) is 4.79 Å². The van der Waals surface area contributed by atoms with Crippen molar-refractivity contribution >= 4 is 5.91 Å². The van der Waals surface area contributed by atoms with Gasteiger partial charge in [0.05, 0.1) is 5.60 Å². The lowest BCUT2D eigenvalue weighted by Gasteiger charge is -2.46. The molecule has 98 valence electrons. The number of carbonyl (C=O) groups excluding carboxylic acids is 1. The van der Waals surface area contributed by atoms with E-state index >= 15 is 0 Å². The molecular formula is C13H24N2O2. The zero-order valence-electron chi connectivity index (χ0n) is 11.0. The molecule has 2 fully saturated rings. The summed E-state index contributed by atoms with van der Waals surface area (Å²) in [7, 11) is 1.78. The normalized spacial score (nSPS) is 24.1. The highest BCUT2D eigenvalue weighted by Crippen LogP contribution is 2.36. The molecule has 0 aromatic carbocycles. The summed E-state index contributed by atoms with van der Waals surface area (Å²) in [5, 5.41) is 3.34. The van der Waals surface area contributed by atoms with Gasteiger partial charge in [-0.3, -0.25) is 4.79 Å². The van der Waals surface area contributed by atoms with Gasteiger partial charge in [-0.1, -0.05) is 0 Å². The van der Waals surface area contributed by atoms with Gasteiger partial charge in [0.2, 0.25) is 5.91 Å². The van der Waals surface area contributed by atoms with Crippen molar-refractivity contribution in [3.63, 3.8) is 0 Å². The molecule has 17 heavy (non-hydrogen) atoms. The molecule has 0 spiro atoms. The zero-order chi connectivity index (χ0) is 12.3. The van der Waals surface area contributed by atoms with E-state index < -0.39 is 0 Å². The third-order valence-corrected chi connectivity index (χ3v) is 4.31. The minimum Gasteiger partial charge on any atom is -0.376 e. The molecular weight excluding hydrogens is 216 g/mol. The van der Waals surface area contributed by atoms with Crippen molar-refractivity contribution in [3.8, 4) is 0 Å². The van der Waals surface area contributed by atoms with Crippen molar-refractivity contribution < 1.29 is 9.53 Å². The first kappa shape index (κ1) is 12.8. The number of hydrogen-bond acceptors (Lipinski definition) is 3. The van der Waals surface area contributed by atoms with Crippen LogP contribution in [0.1, 0.15) is 39.0 Å². The lowest BCUT2D eigenvalue weighted by molar-refractivity contribution is -0.143. The lowest BCUT2D eigenvalue weighted by Crippen LogP contribution is -2.55. The van der Waals surface area contributed by atoms with E-state index in [2.05, 4.69) is 5.32 Å². The van der Waals surface area contributed by atoms with E-state index in [0.29, 0.717) is 6.04 Å². The largest absolute Gasteiger partial charge is 0.376 e. The van der Waals surface area contributed by atoms with E-state index in [1.54, 1.807) is 14.0 Å². The van der Waals surface area contributed by atoms with Crippen LogP contribution in [0, 0.1) is 0 Å². The third kappa shape index (κ3) is 2.80. The fourth-order valence-electron chi connectivity index (χ4n) is 2.92. The van der Waals surface area contributed by atoms with E-state index in [1.807, 2.05) is 4.90 Å². The van der Waals surface area contributed by atoms with Crippen LogP contribution < -0.4 is 5.32 Å². The fraction of sp³-hybridized carbons (Fsp3) is 0.923. The minimum absolute atomic E-state index is 0.0451. The maximum atomic E-state index is 11.8. The Morgan fingerprint density at radius 1 is 1.41 bits per heavy atom. The number of nitrogens with zero attached hydrogens (tertiary/aromatic N) is 1. The van der Waals surface area contributed by atoms with Gasteiger partial charge in [0.15, 0.2) is 0 Å². The lowest BCUT2D eigenvalue weighted by atomic mass is 9.79. The second-order valence-corrected chi connectivity index (χ2v) is 5.37. The van der Waals surface area contributed by atoms with Crippen LogP contribution in [-0.4, -0.2) is 49.2 Å². The van der Waals surface area contributed by atoms with Crippen molar-refractivity contribution in [1.29, 1.82) is 0 Å². The Bertz CT molecular complexity index is 265. The molecule has 1 saturated heterocycles. The number of amides is 1. The Labute approximate surface area is 104 Å². The van der Waals surface area contributed by atoms with Crippen LogP contribution in [0.25, 0.3) is 0 Å². The molecule has 0 aromatic heterocycles. The van der Waals surface area contributed by atoms with Crippen LogP contribution in [0.5, 0.6) is 0 Å². The van der Waals surface area contributed by atoms with Gasteiger partial charge in [-0.25, -0.2) is 0 Å². The first-order valence-electron chi connectivity index (χ1n) is 6.70. The van der Waals surface area contributed by atoms with Crippen molar-refractivity contribution in [2.75, 3.05) is 26.7 Å². The average molecular weight is 240 g/mol. The Hall–Kier alpha value is -0.610. The van der Waals surface area contributed by atoms with Crippen molar-refractivity contribution in [3.05, 3.63) is 0 Å². The van der Waals surface area contributed by atoms with Crippen LogP contribution in [0.4, 0.5) is 0 Å². The SMILES string of the molecule is COC1(CN(C(C)=O)C2CCNCC2)CCC1. The maximum Gasteiger partial charge on any atom is 0.219 e. The Kier molecular flexibility index (Phi) is 4.05. The maximum absolute atomic E-state index is 11.8. The predicted octanol–water partition coefficient (Wildman–Crippen LogP) is 1.16. The molecule has 4 heteroatoms. The van der Waals surface area contributed by atoms with Gasteiger partial charge in [-0.15, -0.1) is 0 Å². The molecule has 0 bridgehead atoms. The van der Waals surface area contributed by atoms with Crippen LogP contribution in [0.3, 0.4) is 0 Å². The second-order valence-electron chi connectivity index (χ2n) is 5.37. The molecule has 1 saturated carbocycles. The number of hydrogen-bond donors (Lipinski definition) is 1. The summed E-state index contributed by atoms with van der Waals surface area (Å²) in [6.07, 6.45) is 5.56. The molecule has 0 aromatic rings. The van der Waals surface area contributed by atoms with Crippen LogP contribution in [0.15, 0.2) is 0 Å². The van der Waals surface area contributed by atoms with Gasteiger partial charge in [0.1, 0.15) is 0 Å². The van der Waals surface area contributed by atoms with Crippen molar-refractivity contribution in [2.45, 2.75) is 50.7 Å². The molecule has 1 amide bonds. The summed E-state index contributed by atoms with van der Waals surface area (Å²) in [6.45, 7) is 4.51. The first-order chi connectivity index (χ1) is 8.17. The second kappa shape index (κ2) is 5.36. The van der Waals surface area contributed by atoms with Crippen LogP contribution in [0.2, 0.25) is 0 Å². The van der Waals surface area contributed by atoms with E-state index in [4.69, 9.17) is 4.74 Å². The third-order valence-electron chi connectivity index (χ3n) is 4.31. The van der Waals surface area contributed by atoms with E-state index in [0.717, 1.165) is 45.3 Å². The summed E-state index contributed by atoms with van der Waals surface area (Å²) in [5.74, 6) is 0.195. The summed E-state index contributed by atoms with van der Waals surface area (Å²) in [5.41, 5.74) is -0.0451. The number of carbonyl (C=O) groups is 1. The van der Waals surface area contributed by atoms with E-state index in [1.165, 1.54) is 6.42 Å². The molecule has 1 heterocycles. The smallest absolute Gasteiger partial charge is 0.219 e. The van der Waals surface area contributed by atoms with Crippen molar-refractivity contribution in [1.82, 2.24) is 10.2 Å². The highest BCUT2D eigenvalue weighted by atomic mass is 16.5. The number of ether oxygens (including phenoxy) is 1. The minimum atomic E-state index is -0.0451. The molecule has 4 nitrogen and oxygen atoms in total. The standard InChI is InChI=1S/C13H24N2O2/c1-11(16)15(12-4-8-14-9-5-12)10-13(17-2)6-3-7-13/h12,14H,3-10H2,1-2H3. The molecule has 1 aliphatic heterocycles. The van der Waals surface area contributed by atoms with Gasteiger partial charge in [-0.05, 0) is 45.2 Å². The summed E-state index contributed by atoms with van der Waals surface area (Å²) < 4.78 is 5.64. The molecule has 0 radical (unpaired) electrons. The summed E-state index contributed by atoms with van der Waals surface area (Å²) in [6, 6.07) is 0.404. The highest BCUT2D eigenvalue weighted by Gasteiger charge is 2.40. The van der Waals surface area contributed by atoms with Gasteiger partial charge >= 0.3 is 0 Å². The molecule has 2 rings (SSSR count). The molecule has 2 aliphatic rings. The number of rotatable bonds is 4. The van der Waals surface area contributed by atoms with E-state index in [-0.39, 0.29) is 11.5 Å². The Morgan fingerprint density at radius 3 is 2.47 bits per heavy atom. The van der Waals surface area contributed by atoms with Gasteiger partial charge in [0.25, 0.3) is 0 Å². The number of nitrogens with one attached hydrogen (secondary N) is 1. The highest BCUT2D eigenvalue weighted by molar-refractivity contribution is 5.73. The van der Waals surface area contributed by atoms with Gasteiger partial charge < -0.3 is 15.0 Å². The average Bonchev–Trinajstić information content (AvgIpc) is 2.29. The Balaban J connectivity index is 1.98. The Morgan fingerprint density at radius 2 is 2.06 bits per heavy atom. The quantitative estimate of drug-likeness (QED) is 0.801. The summed E-state index contributed by atoms with van der Waals surface area (Å²) >= 11 is 0. The molecule has 0 unspecified atom stereocenters. The molecule has 1 aliphatic carbocycles. The van der Waals surface area contributed by atoms with Crippen LogP contribution in [-0.2, 0) is 9.53 Å². The molecule has 0 atom stereocenters. The summed E-state index contributed by atoms with van der Waals surface area (Å²) in [4.78, 5) is 13.9. The fourth-order valence-corrected chi connectivity index (χ4v) is 2.92. The van der Waals surface area contributed by atoms with Crippen LogP contribution >= 0.6 is 0 Å². The number of piperidine rings is 1. The predicted molar refractivity (Wildman–Crippen MR) is 66.9 cm³/mol. The number of methoxy groups -OCH3 is 1. The van der Waals surface area contributed by atoms with Gasteiger partial charge in [0, 0.05) is 26.6 Å². The first-order valence-corrected chi connectivity index (χ1v) is 6.70. The van der Waals surface area contributed by atoms with Crippen molar-refractivity contribution in [2.24, 2.45) is 0 Å².